The van der Waals surface area contributed by atoms with Gasteiger partial charge in [0.2, 0.25) is 0 Å². The highest BCUT2D eigenvalue weighted by Crippen LogP contribution is 2.22. The maximum atomic E-state index is 13.2. The van der Waals surface area contributed by atoms with Gasteiger partial charge < -0.3 is 5.11 Å². The maximum absolute atomic E-state index is 13.2. The number of rotatable bonds is 2. The summed E-state index contributed by atoms with van der Waals surface area (Å²) in [5, 5.41) is 9.02. The van der Waals surface area contributed by atoms with Crippen molar-refractivity contribution in [2.45, 2.75) is 13.5 Å². The van der Waals surface area contributed by atoms with E-state index in [0.717, 1.165) is 0 Å². The van der Waals surface area contributed by atoms with E-state index in [1.54, 1.807) is 19.2 Å². The molecule has 0 bridgehead atoms. The van der Waals surface area contributed by atoms with Crippen LogP contribution in [0.15, 0.2) is 28.9 Å². The molecular formula is C12H10BrFN2O. The van der Waals surface area contributed by atoms with Crippen molar-refractivity contribution in [2.24, 2.45) is 0 Å². The number of aliphatic hydroxyl groups excluding tert-OH is 1. The summed E-state index contributed by atoms with van der Waals surface area (Å²) in [6, 6.07) is 4.49. The van der Waals surface area contributed by atoms with Gasteiger partial charge in [0.25, 0.3) is 0 Å². The number of hydrogen-bond donors (Lipinski definition) is 1. The molecule has 1 aromatic carbocycles. The van der Waals surface area contributed by atoms with E-state index in [2.05, 4.69) is 25.9 Å². The van der Waals surface area contributed by atoms with Crippen molar-refractivity contribution in [3.05, 3.63) is 45.9 Å². The van der Waals surface area contributed by atoms with E-state index in [1.165, 1.54) is 12.1 Å². The van der Waals surface area contributed by atoms with Crippen molar-refractivity contribution in [3.63, 3.8) is 0 Å². The molecule has 0 radical (unpaired) electrons. The minimum atomic E-state index is -0.345. The molecule has 3 nitrogen and oxygen atoms in total. The molecule has 0 aliphatic carbocycles. The number of halogens is 2. The summed E-state index contributed by atoms with van der Waals surface area (Å²) >= 11 is 3.22. The van der Waals surface area contributed by atoms with Gasteiger partial charge in [0, 0.05) is 27.5 Å². The lowest BCUT2D eigenvalue weighted by Crippen LogP contribution is -1.98. The fraction of sp³-hybridized carbons (Fsp3) is 0.167. The van der Waals surface area contributed by atoms with Gasteiger partial charge in [0.15, 0.2) is 5.82 Å². The standard InChI is InChI=1S/C12H10BrFN2O/c1-7-9(6-17)5-15-12(16-7)8-2-10(13)4-11(14)3-8/h2-5,17H,6H2,1H3. The fourth-order valence-corrected chi connectivity index (χ4v) is 1.93. The molecule has 0 saturated heterocycles. The molecule has 0 atom stereocenters. The summed E-state index contributed by atoms with van der Waals surface area (Å²) < 4.78 is 13.9. The number of aromatic nitrogens is 2. The van der Waals surface area contributed by atoms with Crippen molar-refractivity contribution in [2.75, 3.05) is 0 Å². The second-order valence-corrected chi connectivity index (χ2v) is 4.54. The Labute approximate surface area is 106 Å². The quantitative estimate of drug-likeness (QED) is 0.927. The van der Waals surface area contributed by atoms with Gasteiger partial charge in [-0.15, -0.1) is 0 Å². The number of nitrogens with zero attached hydrogens (tertiary/aromatic N) is 2. The van der Waals surface area contributed by atoms with Gasteiger partial charge in [0.05, 0.1) is 6.61 Å². The zero-order valence-electron chi connectivity index (χ0n) is 9.11. The third-order valence-electron chi connectivity index (χ3n) is 2.37. The summed E-state index contributed by atoms with van der Waals surface area (Å²) in [6.45, 7) is 1.68. The van der Waals surface area contributed by atoms with Crippen LogP contribution in [0.4, 0.5) is 4.39 Å². The van der Waals surface area contributed by atoms with Crippen LogP contribution >= 0.6 is 15.9 Å². The first-order chi connectivity index (χ1) is 8.10. The van der Waals surface area contributed by atoms with Gasteiger partial charge in [-0.05, 0) is 25.1 Å². The van der Waals surface area contributed by atoms with Crippen LogP contribution in [0, 0.1) is 12.7 Å². The summed E-state index contributed by atoms with van der Waals surface area (Å²) in [7, 11) is 0. The zero-order chi connectivity index (χ0) is 12.4. The molecule has 2 rings (SSSR count). The summed E-state index contributed by atoms with van der Waals surface area (Å²) in [6.07, 6.45) is 1.55. The molecular weight excluding hydrogens is 287 g/mol. The fourth-order valence-electron chi connectivity index (χ4n) is 1.47. The van der Waals surface area contributed by atoms with Gasteiger partial charge in [0.1, 0.15) is 5.82 Å². The Morgan fingerprint density at radius 2 is 2.12 bits per heavy atom. The van der Waals surface area contributed by atoms with Crippen LogP contribution in [0.2, 0.25) is 0 Å². The molecule has 0 aliphatic rings. The van der Waals surface area contributed by atoms with Gasteiger partial charge in [-0.1, -0.05) is 15.9 Å². The molecule has 0 aliphatic heterocycles. The first-order valence-corrected chi connectivity index (χ1v) is 5.79. The van der Waals surface area contributed by atoms with Crippen LogP contribution < -0.4 is 0 Å². The molecule has 0 amide bonds. The largest absolute Gasteiger partial charge is 0.392 e. The van der Waals surface area contributed by atoms with E-state index in [4.69, 9.17) is 5.11 Å². The Bertz CT molecular complexity index is 540. The Hall–Kier alpha value is -1.33. The van der Waals surface area contributed by atoms with Gasteiger partial charge in [-0.25, -0.2) is 14.4 Å². The highest BCUT2D eigenvalue weighted by Gasteiger charge is 2.07. The average Bonchev–Trinajstić information content (AvgIpc) is 2.27. The van der Waals surface area contributed by atoms with Crippen molar-refractivity contribution in [3.8, 4) is 11.4 Å². The minimum Gasteiger partial charge on any atom is -0.392 e. The Kier molecular flexibility index (Phi) is 3.49. The molecule has 0 unspecified atom stereocenters. The average molecular weight is 297 g/mol. The van der Waals surface area contributed by atoms with Crippen LogP contribution in [0.25, 0.3) is 11.4 Å². The summed E-state index contributed by atoms with van der Waals surface area (Å²) in [5.41, 5.74) is 1.96. The molecule has 1 aromatic heterocycles. The van der Waals surface area contributed by atoms with E-state index in [0.29, 0.717) is 27.1 Å². The molecule has 1 heterocycles. The van der Waals surface area contributed by atoms with E-state index in [1.807, 2.05) is 0 Å². The third-order valence-corrected chi connectivity index (χ3v) is 2.83. The molecule has 0 fully saturated rings. The summed E-state index contributed by atoms with van der Waals surface area (Å²) in [4.78, 5) is 8.34. The second kappa shape index (κ2) is 4.89. The van der Waals surface area contributed by atoms with Crippen LogP contribution in [0.1, 0.15) is 11.3 Å². The van der Waals surface area contributed by atoms with Gasteiger partial charge in [-0.3, -0.25) is 0 Å². The smallest absolute Gasteiger partial charge is 0.159 e. The third kappa shape index (κ3) is 2.68. The first kappa shape index (κ1) is 12.1. The van der Waals surface area contributed by atoms with Crippen LogP contribution in [-0.2, 0) is 6.61 Å². The number of hydrogen-bond acceptors (Lipinski definition) is 3. The maximum Gasteiger partial charge on any atom is 0.159 e. The van der Waals surface area contributed by atoms with Crippen LogP contribution in [0.3, 0.4) is 0 Å². The number of aliphatic hydroxyl groups is 1. The van der Waals surface area contributed by atoms with Crippen molar-refractivity contribution in [1.29, 1.82) is 0 Å². The monoisotopic (exact) mass is 296 g/mol. The normalized spacial score (nSPS) is 10.6. The molecule has 17 heavy (non-hydrogen) atoms. The first-order valence-electron chi connectivity index (χ1n) is 5.00. The molecule has 1 N–H and O–H groups in total. The van der Waals surface area contributed by atoms with Gasteiger partial charge in [-0.2, -0.15) is 0 Å². The molecule has 0 saturated carbocycles. The molecule has 88 valence electrons. The predicted molar refractivity (Wildman–Crippen MR) is 65.8 cm³/mol. The zero-order valence-corrected chi connectivity index (χ0v) is 10.7. The Morgan fingerprint density at radius 3 is 2.71 bits per heavy atom. The number of benzene rings is 1. The lowest BCUT2D eigenvalue weighted by Gasteiger charge is -2.05. The van der Waals surface area contributed by atoms with Crippen molar-refractivity contribution >= 4 is 15.9 Å². The van der Waals surface area contributed by atoms with Crippen molar-refractivity contribution < 1.29 is 9.50 Å². The predicted octanol–water partition coefficient (Wildman–Crippen LogP) is 2.85. The number of aryl methyl sites for hydroxylation is 1. The van der Waals surface area contributed by atoms with Crippen LogP contribution in [-0.4, -0.2) is 15.1 Å². The van der Waals surface area contributed by atoms with E-state index in [9.17, 15) is 4.39 Å². The highest BCUT2D eigenvalue weighted by atomic mass is 79.9. The molecule has 5 heteroatoms. The second-order valence-electron chi connectivity index (χ2n) is 3.62. The molecule has 0 spiro atoms. The lowest BCUT2D eigenvalue weighted by molar-refractivity contribution is 0.280. The minimum absolute atomic E-state index is 0.0983. The van der Waals surface area contributed by atoms with E-state index >= 15 is 0 Å². The Balaban J connectivity index is 2.49. The van der Waals surface area contributed by atoms with Crippen LogP contribution in [0.5, 0.6) is 0 Å². The Morgan fingerprint density at radius 1 is 1.35 bits per heavy atom. The van der Waals surface area contributed by atoms with Gasteiger partial charge >= 0.3 is 0 Å². The molecule has 2 aromatic rings. The SMILES string of the molecule is Cc1nc(-c2cc(F)cc(Br)c2)ncc1CO. The highest BCUT2D eigenvalue weighted by molar-refractivity contribution is 9.10. The topological polar surface area (TPSA) is 46.0 Å². The lowest BCUT2D eigenvalue weighted by atomic mass is 10.2. The van der Waals surface area contributed by atoms with E-state index in [-0.39, 0.29) is 12.4 Å². The summed E-state index contributed by atoms with van der Waals surface area (Å²) in [5.74, 6) is 0.0989. The van der Waals surface area contributed by atoms with E-state index < -0.39 is 0 Å². The van der Waals surface area contributed by atoms with Crippen molar-refractivity contribution in [1.82, 2.24) is 9.97 Å².